The summed E-state index contributed by atoms with van der Waals surface area (Å²) in [4.78, 5) is 0. The highest BCUT2D eigenvalue weighted by Crippen LogP contribution is 2.36. The molecule has 0 aromatic carbocycles. The summed E-state index contributed by atoms with van der Waals surface area (Å²) in [5, 5.41) is 3.59. The molecular formula is C11H21NO. The molecule has 0 aromatic heterocycles. The van der Waals surface area contributed by atoms with Crippen LogP contribution in [0.3, 0.4) is 0 Å². The maximum atomic E-state index is 5.92. The second-order valence-corrected chi connectivity index (χ2v) is 4.89. The average Bonchev–Trinajstić information content (AvgIpc) is 2.53. The van der Waals surface area contributed by atoms with Crippen LogP contribution in [0.15, 0.2) is 0 Å². The van der Waals surface area contributed by atoms with E-state index in [4.69, 9.17) is 4.74 Å². The molecule has 0 aliphatic carbocycles. The van der Waals surface area contributed by atoms with Crippen LogP contribution in [0.1, 0.15) is 39.5 Å². The predicted molar refractivity (Wildman–Crippen MR) is 53.8 cm³/mol. The molecule has 2 heterocycles. The zero-order chi connectivity index (χ0) is 9.31. The van der Waals surface area contributed by atoms with E-state index < -0.39 is 0 Å². The van der Waals surface area contributed by atoms with E-state index in [2.05, 4.69) is 19.2 Å². The highest BCUT2D eigenvalue weighted by atomic mass is 16.5. The number of ether oxygens (including phenoxy) is 1. The molecule has 2 aliphatic heterocycles. The molecule has 76 valence electrons. The predicted octanol–water partition coefficient (Wildman–Crippen LogP) is 1.94. The van der Waals surface area contributed by atoms with Crippen molar-refractivity contribution in [3.05, 3.63) is 0 Å². The fourth-order valence-corrected chi connectivity index (χ4v) is 2.65. The number of rotatable bonds is 1. The molecule has 0 bridgehead atoms. The van der Waals surface area contributed by atoms with Crippen molar-refractivity contribution >= 4 is 0 Å². The van der Waals surface area contributed by atoms with Crippen LogP contribution in [0.2, 0.25) is 0 Å². The molecule has 13 heavy (non-hydrogen) atoms. The van der Waals surface area contributed by atoms with Crippen LogP contribution in [-0.2, 0) is 4.74 Å². The molecule has 2 nitrogen and oxygen atoms in total. The summed E-state index contributed by atoms with van der Waals surface area (Å²) in [5.41, 5.74) is 0.264. The zero-order valence-corrected chi connectivity index (χ0v) is 8.81. The third-order valence-corrected chi connectivity index (χ3v) is 3.57. The third kappa shape index (κ3) is 1.89. The van der Waals surface area contributed by atoms with E-state index >= 15 is 0 Å². The minimum atomic E-state index is 0.264. The molecule has 2 saturated heterocycles. The highest BCUT2D eigenvalue weighted by molar-refractivity contribution is 4.94. The fourth-order valence-electron chi connectivity index (χ4n) is 2.65. The van der Waals surface area contributed by atoms with Gasteiger partial charge in [0.25, 0.3) is 0 Å². The molecule has 2 aliphatic rings. The fraction of sp³-hybridized carbons (Fsp3) is 1.00. The van der Waals surface area contributed by atoms with Gasteiger partial charge in [-0.3, -0.25) is 0 Å². The Morgan fingerprint density at radius 2 is 2.23 bits per heavy atom. The number of hydrogen-bond acceptors (Lipinski definition) is 2. The van der Waals surface area contributed by atoms with Crippen LogP contribution < -0.4 is 5.32 Å². The van der Waals surface area contributed by atoms with Crippen LogP contribution in [-0.4, -0.2) is 24.8 Å². The van der Waals surface area contributed by atoms with Crippen LogP contribution in [0.4, 0.5) is 0 Å². The van der Waals surface area contributed by atoms with Gasteiger partial charge < -0.3 is 10.1 Å². The molecule has 2 rings (SSSR count). The van der Waals surface area contributed by atoms with Crippen molar-refractivity contribution in [2.24, 2.45) is 5.92 Å². The van der Waals surface area contributed by atoms with Gasteiger partial charge in [-0.25, -0.2) is 0 Å². The van der Waals surface area contributed by atoms with Crippen LogP contribution in [0.25, 0.3) is 0 Å². The first-order chi connectivity index (χ1) is 6.22. The van der Waals surface area contributed by atoms with Crippen molar-refractivity contribution in [3.63, 3.8) is 0 Å². The molecule has 0 amide bonds. The Bertz CT molecular complexity index is 173. The lowest BCUT2D eigenvalue weighted by atomic mass is 9.82. The Kier molecular flexibility index (Phi) is 2.61. The van der Waals surface area contributed by atoms with Gasteiger partial charge >= 0.3 is 0 Å². The van der Waals surface area contributed by atoms with Gasteiger partial charge in [-0.1, -0.05) is 13.8 Å². The Morgan fingerprint density at radius 1 is 1.38 bits per heavy atom. The van der Waals surface area contributed by atoms with Crippen molar-refractivity contribution in [1.82, 2.24) is 5.32 Å². The second kappa shape index (κ2) is 3.58. The molecule has 2 atom stereocenters. The quantitative estimate of drug-likeness (QED) is 0.671. The lowest BCUT2D eigenvalue weighted by Crippen LogP contribution is -2.49. The number of piperidine rings is 1. The van der Waals surface area contributed by atoms with E-state index in [9.17, 15) is 0 Å². The standard InChI is InChI=1S/C11H21NO/c1-9(2)10-8-11(5-6-12-10)4-3-7-13-11/h9-10,12H,3-8H2,1-2H3. The van der Waals surface area contributed by atoms with Crippen molar-refractivity contribution in [1.29, 1.82) is 0 Å². The SMILES string of the molecule is CC(C)C1CC2(CCCO2)CCN1. The lowest BCUT2D eigenvalue weighted by molar-refractivity contribution is -0.0355. The average molecular weight is 183 g/mol. The summed E-state index contributed by atoms with van der Waals surface area (Å²) >= 11 is 0. The first kappa shape index (κ1) is 9.47. The van der Waals surface area contributed by atoms with Crippen molar-refractivity contribution < 1.29 is 4.74 Å². The molecule has 2 heteroatoms. The third-order valence-electron chi connectivity index (χ3n) is 3.57. The van der Waals surface area contributed by atoms with Crippen molar-refractivity contribution in [2.45, 2.75) is 51.2 Å². The first-order valence-electron chi connectivity index (χ1n) is 5.59. The summed E-state index contributed by atoms with van der Waals surface area (Å²) < 4.78 is 5.92. The molecule has 2 fully saturated rings. The van der Waals surface area contributed by atoms with Gasteiger partial charge in [0.2, 0.25) is 0 Å². The van der Waals surface area contributed by atoms with Gasteiger partial charge in [0.1, 0.15) is 0 Å². The normalized spacial score (nSPS) is 40.4. The number of hydrogen-bond donors (Lipinski definition) is 1. The lowest BCUT2D eigenvalue weighted by Gasteiger charge is -2.39. The Labute approximate surface area is 81.0 Å². The van der Waals surface area contributed by atoms with Gasteiger partial charge in [0.15, 0.2) is 0 Å². The molecule has 0 radical (unpaired) electrons. The van der Waals surface area contributed by atoms with Gasteiger partial charge in [0.05, 0.1) is 5.60 Å². The van der Waals surface area contributed by atoms with Crippen LogP contribution in [0, 0.1) is 5.92 Å². The van der Waals surface area contributed by atoms with Crippen molar-refractivity contribution in [3.8, 4) is 0 Å². The Hall–Kier alpha value is -0.0800. The van der Waals surface area contributed by atoms with Crippen molar-refractivity contribution in [2.75, 3.05) is 13.2 Å². The Balaban J connectivity index is 1.98. The highest BCUT2D eigenvalue weighted by Gasteiger charge is 2.40. The molecule has 1 spiro atoms. The number of nitrogens with one attached hydrogen (secondary N) is 1. The zero-order valence-electron chi connectivity index (χ0n) is 8.81. The molecule has 0 aromatic rings. The smallest absolute Gasteiger partial charge is 0.0710 e. The first-order valence-corrected chi connectivity index (χ1v) is 5.59. The topological polar surface area (TPSA) is 21.3 Å². The van der Waals surface area contributed by atoms with Crippen LogP contribution >= 0.6 is 0 Å². The summed E-state index contributed by atoms with van der Waals surface area (Å²) in [5.74, 6) is 0.737. The summed E-state index contributed by atoms with van der Waals surface area (Å²) in [6, 6.07) is 0.673. The summed E-state index contributed by atoms with van der Waals surface area (Å²) in [7, 11) is 0. The largest absolute Gasteiger partial charge is 0.375 e. The van der Waals surface area contributed by atoms with E-state index in [-0.39, 0.29) is 5.60 Å². The van der Waals surface area contributed by atoms with Crippen LogP contribution in [0.5, 0.6) is 0 Å². The Morgan fingerprint density at radius 3 is 2.85 bits per heavy atom. The van der Waals surface area contributed by atoms with E-state index in [0.717, 1.165) is 19.1 Å². The molecule has 0 saturated carbocycles. The van der Waals surface area contributed by atoms with E-state index in [1.807, 2.05) is 0 Å². The maximum absolute atomic E-state index is 5.92. The molecule has 1 N–H and O–H groups in total. The van der Waals surface area contributed by atoms with Gasteiger partial charge in [-0.2, -0.15) is 0 Å². The second-order valence-electron chi connectivity index (χ2n) is 4.89. The maximum Gasteiger partial charge on any atom is 0.0710 e. The summed E-state index contributed by atoms with van der Waals surface area (Å²) in [6.07, 6.45) is 5.00. The van der Waals surface area contributed by atoms with Gasteiger partial charge in [0, 0.05) is 12.6 Å². The van der Waals surface area contributed by atoms with E-state index in [0.29, 0.717) is 6.04 Å². The van der Waals surface area contributed by atoms with E-state index in [1.54, 1.807) is 0 Å². The molecule has 2 unspecified atom stereocenters. The van der Waals surface area contributed by atoms with E-state index in [1.165, 1.54) is 25.7 Å². The minimum absolute atomic E-state index is 0.264. The minimum Gasteiger partial charge on any atom is -0.375 e. The summed E-state index contributed by atoms with van der Waals surface area (Å²) in [6.45, 7) is 6.73. The van der Waals surface area contributed by atoms with Gasteiger partial charge in [-0.15, -0.1) is 0 Å². The monoisotopic (exact) mass is 183 g/mol. The van der Waals surface area contributed by atoms with Gasteiger partial charge in [-0.05, 0) is 38.1 Å². The molecular weight excluding hydrogens is 162 g/mol.